The second-order valence-corrected chi connectivity index (χ2v) is 5.59. The maximum atomic E-state index is 2.37. The quantitative estimate of drug-likeness (QED) is 0.672. The number of hydrogen-bond donors (Lipinski definition) is 0. The van der Waals surface area contributed by atoms with Crippen molar-refractivity contribution in [3.63, 3.8) is 0 Å². The van der Waals surface area contributed by atoms with Crippen LogP contribution in [0.1, 0.15) is 33.5 Å². The maximum absolute atomic E-state index is 2.37. The Balaban J connectivity index is 2.12. The van der Waals surface area contributed by atoms with Gasteiger partial charge in [0.25, 0.3) is 0 Å². The van der Waals surface area contributed by atoms with Crippen molar-refractivity contribution in [2.75, 3.05) is 0 Å². The summed E-state index contributed by atoms with van der Waals surface area (Å²) in [5, 5.41) is 1.61. The summed E-state index contributed by atoms with van der Waals surface area (Å²) in [6.45, 7) is 4.48. The maximum Gasteiger partial charge on any atom is 0.0316 e. The highest BCUT2D eigenvalue weighted by atomic mass is 31.0. The summed E-state index contributed by atoms with van der Waals surface area (Å²) in [6.07, 6.45) is 4.61. The Hall–Kier alpha value is -1.26. The molecule has 1 aromatic heterocycles. The molecule has 0 saturated heterocycles. The van der Waals surface area contributed by atoms with Gasteiger partial charge in [-0.25, -0.2) is 0 Å². The Bertz CT molecular complexity index is 561. The van der Waals surface area contributed by atoms with E-state index in [4.69, 9.17) is 0 Å². The molecule has 3 rings (SSSR count). The first-order valence-electron chi connectivity index (χ1n) is 5.69. The third kappa shape index (κ3) is 1.37. The van der Waals surface area contributed by atoms with Gasteiger partial charge >= 0.3 is 0 Å². The third-order valence-corrected chi connectivity index (χ3v) is 5.12. The zero-order chi connectivity index (χ0) is 11.1. The van der Waals surface area contributed by atoms with Crippen LogP contribution in [0.2, 0.25) is 0 Å². The van der Waals surface area contributed by atoms with Gasteiger partial charge in [-0.3, -0.25) is 0 Å². The van der Waals surface area contributed by atoms with E-state index in [-0.39, 0.29) is 0 Å². The summed E-state index contributed by atoms with van der Waals surface area (Å²) in [6, 6.07) is 8.73. The van der Waals surface area contributed by atoms with Gasteiger partial charge in [-0.15, -0.1) is 8.19 Å². The van der Waals surface area contributed by atoms with Crippen LogP contribution in [0.15, 0.2) is 36.1 Å². The first kappa shape index (κ1) is 9.93. The second-order valence-electron chi connectivity index (χ2n) is 4.48. The van der Waals surface area contributed by atoms with Gasteiger partial charge in [0.15, 0.2) is 0 Å². The van der Waals surface area contributed by atoms with Crippen molar-refractivity contribution in [1.82, 2.24) is 0 Å². The molecule has 2 unspecified atom stereocenters. The predicted molar refractivity (Wildman–Crippen MR) is 72.7 cm³/mol. The van der Waals surface area contributed by atoms with Crippen LogP contribution in [0.5, 0.6) is 0 Å². The van der Waals surface area contributed by atoms with E-state index in [2.05, 4.69) is 56.1 Å². The molecule has 1 aliphatic carbocycles. The van der Waals surface area contributed by atoms with E-state index in [0.717, 1.165) is 8.19 Å². The first-order valence-corrected chi connectivity index (χ1v) is 6.76. The largest absolute Gasteiger partial charge is 0.135 e. The molecule has 1 heterocycles. The Morgan fingerprint density at radius 3 is 2.69 bits per heavy atom. The molecule has 1 heteroatoms. The van der Waals surface area contributed by atoms with E-state index in [1.54, 1.807) is 5.30 Å². The Morgan fingerprint density at radius 1 is 1.12 bits per heavy atom. The zero-order valence-corrected chi connectivity index (χ0v) is 10.6. The summed E-state index contributed by atoms with van der Waals surface area (Å²) in [5.41, 5.74) is 5.84. The molecule has 0 amide bonds. The lowest BCUT2D eigenvalue weighted by Gasteiger charge is -2.11. The van der Waals surface area contributed by atoms with Crippen LogP contribution in [0, 0.1) is 13.8 Å². The van der Waals surface area contributed by atoms with Gasteiger partial charge in [0.05, 0.1) is 0 Å². The highest BCUT2D eigenvalue weighted by molar-refractivity contribution is 7.30. The molecule has 16 heavy (non-hydrogen) atoms. The monoisotopic (exact) mass is 226 g/mol. The highest BCUT2D eigenvalue weighted by Gasteiger charge is 2.20. The van der Waals surface area contributed by atoms with Crippen molar-refractivity contribution in [3.05, 3.63) is 63.7 Å². The summed E-state index contributed by atoms with van der Waals surface area (Å²) in [5.74, 6) is 2.91. The van der Waals surface area contributed by atoms with Crippen LogP contribution >= 0.6 is 8.19 Å². The van der Waals surface area contributed by atoms with Gasteiger partial charge in [0, 0.05) is 5.92 Å². The Labute approximate surface area is 98.1 Å². The lowest BCUT2D eigenvalue weighted by molar-refractivity contribution is 1.06. The molecule has 0 radical (unpaired) electrons. The molecule has 2 aromatic rings. The van der Waals surface area contributed by atoms with Gasteiger partial charge in [0.1, 0.15) is 0 Å². The molecule has 0 aliphatic heterocycles. The van der Waals surface area contributed by atoms with Crippen molar-refractivity contribution in [1.29, 1.82) is 0 Å². The van der Waals surface area contributed by atoms with E-state index in [1.165, 1.54) is 22.3 Å². The third-order valence-electron chi connectivity index (χ3n) is 3.55. The van der Waals surface area contributed by atoms with Gasteiger partial charge in [-0.2, -0.15) is 0 Å². The van der Waals surface area contributed by atoms with Crippen molar-refractivity contribution >= 4 is 14.3 Å². The number of hydrogen-bond acceptors (Lipinski definition) is 0. The van der Waals surface area contributed by atoms with Gasteiger partial charge in [0.2, 0.25) is 0 Å². The van der Waals surface area contributed by atoms with Crippen LogP contribution in [0.3, 0.4) is 0 Å². The summed E-state index contributed by atoms with van der Waals surface area (Å²) in [4.78, 5) is 0. The molecule has 0 saturated carbocycles. The summed E-state index contributed by atoms with van der Waals surface area (Å²) >= 11 is 0. The van der Waals surface area contributed by atoms with Gasteiger partial charge in [-0.05, 0) is 47.2 Å². The Kier molecular flexibility index (Phi) is 2.26. The molecular weight excluding hydrogens is 211 g/mol. The minimum absolute atomic E-state index is 0.531. The normalized spacial score (nSPS) is 18.2. The lowest BCUT2D eigenvalue weighted by atomic mass is 9.96. The van der Waals surface area contributed by atoms with Gasteiger partial charge < -0.3 is 0 Å². The number of allylic oxidation sites excluding steroid dienone is 1. The van der Waals surface area contributed by atoms with E-state index >= 15 is 0 Å². The van der Waals surface area contributed by atoms with Crippen molar-refractivity contribution in [2.24, 2.45) is 0 Å². The Morgan fingerprint density at radius 2 is 1.94 bits per heavy atom. The average molecular weight is 226 g/mol. The lowest BCUT2D eigenvalue weighted by Crippen LogP contribution is -1.94. The molecule has 0 bridgehead atoms. The molecule has 1 aromatic carbocycles. The predicted octanol–water partition coefficient (Wildman–Crippen LogP) is 4.49. The molecule has 0 spiro atoms. The molecule has 0 nitrogen and oxygen atoms in total. The second kappa shape index (κ2) is 3.64. The molecule has 2 atom stereocenters. The fourth-order valence-electron chi connectivity index (χ4n) is 2.44. The van der Waals surface area contributed by atoms with Crippen LogP contribution < -0.4 is 0 Å². The van der Waals surface area contributed by atoms with E-state index < -0.39 is 0 Å². The SMILES string of the molecule is Cc1c[pH]c(C2C=Cc3ccccc32)c1C. The van der Waals surface area contributed by atoms with Crippen LogP contribution in [0.25, 0.3) is 6.08 Å². The topological polar surface area (TPSA) is 0 Å². The van der Waals surface area contributed by atoms with Gasteiger partial charge in [-0.1, -0.05) is 36.4 Å². The molecule has 1 aliphatic rings. The average Bonchev–Trinajstić information content (AvgIpc) is 2.85. The number of rotatable bonds is 1. The number of benzene rings is 1. The molecule has 80 valence electrons. The van der Waals surface area contributed by atoms with Crippen LogP contribution in [-0.4, -0.2) is 0 Å². The van der Waals surface area contributed by atoms with Crippen LogP contribution in [-0.2, 0) is 0 Å². The smallest absolute Gasteiger partial charge is 0.0316 e. The molecule has 0 fully saturated rings. The first-order chi connectivity index (χ1) is 7.77. The molecular formula is C15H15P. The fraction of sp³-hybridized carbons (Fsp3) is 0.200. The zero-order valence-electron chi connectivity index (χ0n) is 9.62. The van der Waals surface area contributed by atoms with E-state index in [0.29, 0.717) is 5.92 Å². The van der Waals surface area contributed by atoms with Crippen molar-refractivity contribution < 1.29 is 0 Å². The van der Waals surface area contributed by atoms with E-state index in [9.17, 15) is 0 Å². The minimum atomic E-state index is 0.531. The minimum Gasteiger partial charge on any atom is -0.135 e. The standard InChI is InChI=1S/C15H15P/c1-10-9-16-15(11(10)2)14-8-7-12-5-3-4-6-13(12)14/h3-9,14,16H,1-2H3. The van der Waals surface area contributed by atoms with E-state index in [1.807, 2.05) is 0 Å². The fourth-order valence-corrected chi connectivity index (χ4v) is 3.87. The molecule has 0 N–H and O–H groups in total. The van der Waals surface area contributed by atoms with Crippen molar-refractivity contribution in [2.45, 2.75) is 19.8 Å². The number of fused-ring (bicyclic) bond motifs is 1. The summed E-state index contributed by atoms with van der Waals surface area (Å²) in [7, 11) is 0.873. The number of aryl methyl sites for hydroxylation is 1. The van der Waals surface area contributed by atoms with Crippen LogP contribution in [0.4, 0.5) is 0 Å². The highest BCUT2D eigenvalue weighted by Crippen LogP contribution is 2.41. The summed E-state index contributed by atoms with van der Waals surface area (Å²) < 4.78 is 0. The van der Waals surface area contributed by atoms with Crippen molar-refractivity contribution in [3.8, 4) is 0 Å².